The zero-order valence-electron chi connectivity index (χ0n) is 35.5. The van der Waals surface area contributed by atoms with Crippen molar-refractivity contribution < 1.29 is 20.1 Å². The number of hydrogen-bond donors (Lipinski definition) is 0. The molecular weight excluding hydrogens is 927 g/mol. The van der Waals surface area contributed by atoms with Crippen molar-refractivity contribution in [3.05, 3.63) is 222 Å². The fraction of sp³-hybridized carbons (Fsp3) is 0.150. The summed E-state index contributed by atoms with van der Waals surface area (Å²) in [4.78, 5) is 5.41. The van der Waals surface area contributed by atoms with Crippen molar-refractivity contribution in [3.63, 3.8) is 0 Å². The van der Waals surface area contributed by atoms with Crippen molar-refractivity contribution in [2.24, 2.45) is 0 Å². The minimum atomic E-state index is -0.111. The van der Waals surface area contributed by atoms with E-state index in [-0.39, 0.29) is 25.5 Å². The van der Waals surface area contributed by atoms with E-state index in [1.165, 1.54) is 110 Å². The first-order valence-corrected chi connectivity index (χ1v) is 22.0. The molecule has 10 rings (SSSR count). The van der Waals surface area contributed by atoms with Gasteiger partial charge in [0.15, 0.2) is 0 Å². The third kappa shape index (κ3) is 8.14. The van der Waals surface area contributed by atoms with Crippen LogP contribution in [0.4, 0.5) is 0 Å². The SMILES string of the molecule is CC1(C)c2ccccc2-c2c[c-]c(-c3cc(-c4ccccc4-c4ccccc4)c4cc(-c5ccccc5-c5cccc(CCCCCCc6ccccc6)c5)ccc4n3)cc21.[Ir]. The molecule has 0 saturated heterocycles. The summed E-state index contributed by atoms with van der Waals surface area (Å²) in [7, 11) is 0. The second-order valence-corrected chi connectivity index (χ2v) is 17.2. The molecule has 0 bridgehead atoms. The monoisotopic (exact) mass is 977 g/mol. The van der Waals surface area contributed by atoms with Crippen LogP contribution < -0.4 is 0 Å². The molecule has 2 heteroatoms. The maximum atomic E-state index is 5.41. The predicted octanol–water partition coefficient (Wildman–Crippen LogP) is 16.0. The van der Waals surface area contributed by atoms with E-state index in [9.17, 15) is 0 Å². The van der Waals surface area contributed by atoms with E-state index in [2.05, 4.69) is 214 Å². The Bertz CT molecular complexity index is 3000. The first-order chi connectivity index (χ1) is 30.0. The van der Waals surface area contributed by atoms with Gasteiger partial charge in [0, 0.05) is 25.5 Å². The van der Waals surface area contributed by atoms with E-state index < -0.39 is 0 Å². The maximum absolute atomic E-state index is 5.41. The van der Waals surface area contributed by atoms with Crippen molar-refractivity contribution in [2.45, 2.75) is 57.8 Å². The third-order valence-corrected chi connectivity index (χ3v) is 12.9. The molecule has 0 spiro atoms. The van der Waals surface area contributed by atoms with Crippen LogP contribution in [0.1, 0.15) is 61.8 Å². The predicted molar refractivity (Wildman–Crippen MR) is 258 cm³/mol. The molecular formula is C60H50IrN-. The van der Waals surface area contributed by atoms with E-state index in [1.807, 2.05) is 0 Å². The summed E-state index contributed by atoms with van der Waals surface area (Å²) >= 11 is 0. The molecule has 1 nitrogen and oxygen atoms in total. The summed E-state index contributed by atoms with van der Waals surface area (Å²) in [5, 5.41) is 1.13. The smallest absolute Gasteiger partial charge is 0.0602 e. The van der Waals surface area contributed by atoms with Crippen LogP contribution >= 0.6 is 0 Å². The largest absolute Gasteiger partial charge is 0.296 e. The molecule has 1 heterocycles. The Hall–Kier alpha value is -6.18. The van der Waals surface area contributed by atoms with Crippen molar-refractivity contribution in [1.82, 2.24) is 4.98 Å². The van der Waals surface area contributed by atoms with E-state index in [0.29, 0.717) is 0 Å². The van der Waals surface area contributed by atoms with Gasteiger partial charge in [-0.2, -0.15) is 0 Å². The summed E-state index contributed by atoms with van der Waals surface area (Å²) < 4.78 is 0. The van der Waals surface area contributed by atoms with E-state index in [4.69, 9.17) is 4.98 Å². The normalized spacial score (nSPS) is 12.4. The van der Waals surface area contributed by atoms with Gasteiger partial charge in [0.05, 0.1) is 5.52 Å². The quantitative estimate of drug-likeness (QED) is 0.0878. The topological polar surface area (TPSA) is 12.9 Å². The zero-order valence-corrected chi connectivity index (χ0v) is 37.9. The number of nitrogens with zero attached hydrogens (tertiary/aromatic N) is 1. The molecule has 9 aromatic rings. The number of unbranched alkanes of at least 4 members (excludes halogenated alkanes) is 3. The van der Waals surface area contributed by atoms with Gasteiger partial charge in [0.25, 0.3) is 0 Å². The van der Waals surface area contributed by atoms with Gasteiger partial charge in [-0.1, -0.05) is 208 Å². The Morgan fingerprint density at radius 1 is 0.419 bits per heavy atom. The minimum Gasteiger partial charge on any atom is -0.296 e. The van der Waals surface area contributed by atoms with Crippen LogP contribution in [0.2, 0.25) is 0 Å². The fourth-order valence-electron chi connectivity index (χ4n) is 9.67. The first-order valence-electron chi connectivity index (χ1n) is 22.0. The standard InChI is InChI=1S/C60H50N.Ir/c1-60(2)56-33-18-17-32-52(56)53-36-34-47(40-57(53)60)59-41-54(51-31-16-15-28-48(51)44-25-11-6-12-26-44)55-39-46(35-37-58(55)61-59)50-30-14-13-29-49(50)45-27-19-24-43(38-45)23-8-4-3-7-20-42-21-9-5-10-22-42;/h5-6,9-19,21-22,24-33,35-41H,3-4,7-8,20,23H2,1-2H3;/q-1;. The van der Waals surface area contributed by atoms with Gasteiger partial charge < -0.3 is 0 Å². The van der Waals surface area contributed by atoms with Crippen LogP contribution in [-0.4, -0.2) is 4.98 Å². The Kier molecular flexibility index (Phi) is 12.0. The second kappa shape index (κ2) is 18.0. The van der Waals surface area contributed by atoms with Crippen molar-refractivity contribution in [3.8, 4) is 66.9 Å². The van der Waals surface area contributed by atoms with Gasteiger partial charge in [-0.3, -0.25) is 4.98 Å². The summed E-state index contributed by atoms with van der Waals surface area (Å²) in [6, 6.07) is 74.7. The first kappa shape index (κ1) is 41.2. The molecule has 1 radical (unpaired) electrons. The molecule has 0 unspecified atom stereocenters. The summed E-state index contributed by atoms with van der Waals surface area (Å²) in [6.45, 7) is 4.67. The Morgan fingerprint density at radius 3 is 1.71 bits per heavy atom. The third-order valence-electron chi connectivity index (χ3n) is 12.9. The molecule has 0 N–H and O–H groups in total. The van der Waals surface area contributed by atoms with E-state index in [1.54, 1.807) is 0 Å². The summed E-state index contributed by atoms with van der Waals surface area (Å²) in [6.07, 6.45) is 7.25. The van der Waals surface area contributed by atoms with Crippen molar-refractivity contribution in [1.29, 1.82) is 0 Å². The van der Waals surface area contributed by atoms with Gasteiger partial charge in [-0.15, -0.1) is 29.3 Å². The number of rotatable bonds is 12. The Morgan fingerprint density at radius 2 is 0.984 bits per heavy atom. The average molecular weight is 977 g/mol. The molecule has 0 fully saturated rings. The van der Waals surface area contributed by atoms with Crippen LogP contribution in [-0.2, 0) is 38.4 Å². The van der Waals surface area contributed by atoms with Gasteiger partial charge >= 0.3 is 0 Å². The maximum Gasteiger partial charge on any atom is 0.0602 e. The molecule has 8 aromatic carbocycles. The second-order valence-electron chi connectivity index (χ2n) is 17.2. The molecule has 1 aliphatic carbocycles. The van der Waals surface area contributed by atoms with Crippen molar-refractivity contribution in [2.75, 3.05) is 0 Å². The Labute approximate surface area is 380 Å². The number of fused-ring (bicyclic) bond motifs is 4. The van der Waals surface area contributed by atoms with Crippen LogP contribution in [0.15, 0.2) is 194 Å². The summed E-state index contributed by atoms with van der Waals surface area (Å²) in [5.74, 6) is 0. The van der Waals surface area contributed by atoms with E-state index >= 15 is 0 Å². The van der Waals surface area contributed by atoms with E-state index in [0.717, 1.165) is 28.6 Å². The number of hydrogen-bond acceptors (Lipinski definition) is 1. The van der Waals surface area contributed by atoms with Crippen LogP contribution in [0.5, 0.6) is 0 Å². The minimum absolute atomic E-state index is 0. The molecule has 1 aromatic heterocycles. The number of benzene rings is 8. The van der Waals surface area contributed by atoms with Gasteiger partial charge in [-0.25, -0.2) is 0 Å². The molecule has 1 aliphatic rings. The zero-order chi connectivity index (χ0) is 41.2. The van der Waals surface area contributed by atoms with Crippen LogP contribution in [0.25, 0.3) is 77.8 Å². The molecule has 0 amide bonds. The Balaban J connectivity index is 0.00000490. The van der Waals surface area contributed by atoms with Crippen LogP contribution in [0, 0.1) is 6.07 Å². The van der Waals surface area contributed by atoms with Gasteiger partial charge in [0.1, 0.15) is 0 Å². The molecule has 0 atom stereocenters. The van der Waals surface area contributed by atoms with Crippen LogP contribution in [0.3, 0.4) is 0 Å². The summed E-state index contributed by atoms with van der Waals surface area (Å²) in [5.41, 5.74) is 20.6. The fourth-order valence-corrected chi connectivity index (χ4v) is 9.67. The van der Waals surface area contributed by atoms with Crippen molar-refractivity contribution >= 4 is 10.9 Å². The van der Waals surface area contributed by atoms with Gasteiger partial charge in [-0.05, 0) is 110 Å². The average Bonchev–Trinajstić information content (AvgIpc) is 3.55. The number of pyridine rings is 1. The molecule has 0 aliphatic heterocycles. The molecule has 62 heavy (non-hydrogen) atoms. The van der Waals surface area contributed by atoms with Gasteiger partial charge in [0.2, 0.25) is 0 Å². The molecule has 305 valence electrons. The number of aryl methyl sites for hydroxylation is 2. The molecule has 0 saturated carbocycles. The number of aromatic nitrogens is 1.